The first-order chi connectivity index (χ1) is 7.63. The lowest BCUT2D eigenvalue weighted by Gasteiger charge is -2.19. The molecular weight excluding hydrogens is 228 g/mol. The number of hydrogen-bond donors (Lipinski definition) is 2. The molecule has 4 nitrogen and oxygen atoms in total. The fourth-order valence-corrected chi connectivity index (χ4v) is 2.20. The molecule has 1 unspecified atom stereocenters. The molecule has 0 aromatic heterocycles. The van der Waals surface area contributed by atoms with Crippen molar-refractivity contribution in [2.75, 3.05) is 18.0 Å². The van der Waals surface area contributed by atoms with Crippen molar-refractivity contribution >= 4 is 23.2 Å². The Bertz CT molecular complexity index is 402. The van der Waals surface area contributed by atoms with E-state index in [1.54, 1.807) is 12.1 Å². The Labute approximate surface area is 98.6 Å². The minimum Gasteiger partial charge on any atom is -0.506 e. The number of carbonyl (C=O) groups excluding carboxylic acids is 1. The van der Waals surface area contributed by atoms with Crippen LogP contribution in [0.5, 0.6) is 5.75 Å². The zero-order chi connectivity index (χ0) is 11.7. The number of phenols is 1. The monoisotopic (exact) mass is 240 g/mol. The quantitative estimate of drug-likeness (QED) is 0.820. The Morgan fingerprint density at radius 2 is 2.31 bits per heavy atom. The number of para-hydroxylation sites is 1. The second kappa shape index (κ2) is 4.31. The van der Waals surface area contributed by atoms with E-state index in [2.05, 4.69) is 0 Å². The predicted octanol–water partition coefficient (Wildman–Crippen LogP) is 1.36. The average Bonchev–Trinajstić information content (AvgIpc) is 2.60. The minimum absolute atomic E-state index is 0.0264. The maximum atomic E-state index is 11.7. The number of benzene rings is 1. The summed E-state index contributed by atoms with van der Waals surface area (Å²) in [5, 5.41) is 10.1. The number of nitrogens with two attached hydrogens (primary N) is 1. The van der Waals surface area contributed by atoms with Crippen LogP contribution >= 0.6 is 11.6 Å². The summed E-state index contributed by atoms with van der Waals surface area (Å²) >= 11 is 5.98. The second-order valence-corrected chi connectivity index (χ2v) is 4.32. The van der Waals surface area contributed by atoms with Gasteiger partial charge in [-0.25, -0.2) is 0 Å². The Hall–Kier alpha value is -1.26. The second-order valence-electron chi connectivity index (χ2n) is 3.92. The van der Waals surface area contributed by atoms with Crippen LogP contribution < -0.4 is 10.6 Å². The van der Waals surface area contributed by atoms with Crippen molar-refractivity contribution in [3.8, 4) is 5.75 Å². The van der Waals surface area contributed by atoms with Gasteiger partial charge in [-0.2, -0.15) is 0 Å². The predicted molar refractivity (Wildman–Crippen MR) is 62.6 cm³/mol. The molecule has 1 fully saturated rings. The van der Waals surface area contributed by atoms with Gasteiger partial charge in [-0.1, -0.05) is 17.7 Å². The molecule has 1 amide bonds. The fourth-order valence-electron chi connectivity index (χ4n) is 1.93. The Balaban J connectivity index is 2.35. The molecule has 1 aromatic carbocycles. The van der Waals surface area contributed by atoms with Gasteiger partial charge in [0.1, 0.15) is 11.4 Å². The van der Waals surface area contributed by atoms with Gasteiger partial charge in [-0.05, 0) is 24.6 Å². The largest absolute Gasteiger partial charge is 0.506 e. The first-order valence-corrected chi connectivity index (χ1v) is 5.49. The molecule has 1 heterocycles. The molecule has 1 aromatic rings. The number of rotatable bonds is 2. The minimum atomic E-state index is -0.0427. The first-order valence-electron chi connectivity index (χ1n) is 5.11. The third-order valence-corrected chi connectivity index (χ3v) is 3.08. The summed E-state index contributed by atoms with van der Waals surface area (Å²) in [6, 6.07) is 4.81. The molecule has 16 heavy (non-hydrogen) atoms. The summed E-state index contributed by atoms with van der Waals surface area (Å²) < 4.78 is 0. The lowest BCUT2D eigenvalue weighted by atomic mass is 10.1. The number of nitrogens with zero attached hydrogens (tertiary/aromatic N) is 1. The third-order valence-electron chi connectivity index (χ3n) is 2.77. The molecule has 1 saturated heterocycles. The number of halogens is 1. The zero-order valence-electron chi connectivity index (χ0n) is 8.69. The van der Waals surface area contributed by atoms with E-state index >= 15 is 0 Å². The molecule has 0 bridgehead atoms. The average molecular weight is 241 g/mol. The summed E-state index contributed by atoms with van der Waals surface area (Å²) in [6.45, 7) is 0.986. The van der Waals surface area contributed by atoms with Gasteiger partial charge >= 0.3 is 0 Å². The summed E-state index contributed by atoms with van der Waals surface area (Å²) in [5.41, 5.74) is 5.93. The molecule has 1 aliphatic heterocycles. The van der Waals surface area contributed by atoms with E-state index < -0.39 is 0 Å². The summed E-state index contributed by atoms with van der Waals surface area (Å²) in [5.74, 6) is 0.126. The first kappa shape index (κ1) is 11.2. The molecule has 0 aliphatic carbocycles. The zero-order valence-corrected chi connectivity index (χ0v) is 9.44. The van der Waals surface area contributed by atoms with E-state index in [4.69, 9.17) is 17.3 Å². The van der Waals surface area contributed by atoms with Crippen molar-refractivity contribution in [1.82, 2.24) is 0 Å². The van der Waals surface area contributed by atoms with Crippen LogP contribution in [0.4, 0.5) is 5.69 Å². The molecular formula is C11H13ClN2O2. The number of phenolic OH excluding ortho intramolecular Hbond substituents is 1. The number of carbonyl (C=O) groups is 1. The van der Waals surface area contributed by atoms with E-state index in [-0.39, 0.29) is 17.6 Å². The van der Waals surface area contributed by atoms with Gasteiger partial charge in [0.15, 0.2) is 0 Å². The van der Waals surface area contributed by atoms with Crippen molar-refractivity contribution in [2.24, 2.45) is 11.7 Å². The van der Waals surface area contributed by atoms with Crippen LogP contribution in [-0.2, 0) is 4.79 Å². The van der Waals surface area contributed by atoms with Crippen LogP contribution in [0.2, 0.25) is 5.02 Å². The highest BCUT2D eigenvalue weighted by Crippen LogP contribution is 2.37. The molecule has 86 valence electrons. The van der Waals surface area contributed by atoms with E-state index in [1.807, 2.05) is 0 Å². The lowest BCUT2D eigenvalue weighted by molar-refractivity contribution is -0.117. The van der Waals surface area contributed by atoms with Gasteiger partial charge in [-0.3, -0.25) is 4.79 Å². The Morgan fingerprint density at radius 3 is 2.88 bits per heavy atom. The normalized spacial score (nSPS) is 20.5. The van der Waals surface area contributed by atoms with E-state index in [0.717, 1.165) is 0 Å². The van der Waals surface area contributed by atoms with Crippen molar-refractivity contribution in [3.63, 3.8) is 0 Å². The molecule has 0 spiro atoms. The van der Waals surface area contributed by atoms with Crippen LogP contribution in [0, 0.1) is 5.92 Å². The van der Waals surface area contributed by atoms with E-state index in [9.17, 15) is 9.90 Å². The molecule has 2 rings (SSSR count). The standard InChI is InChI=1S/C11H13ClN2O2/c12-8-2-1-3-9(15)11(8)14-6-7(5-13)4-10(14)16/h1-3,7,15H,4-6,13H2. The van der Waals surface area contributed by atoms with Gasteiger partial charge in [0.2, 0.25) is 5.91 Å². The van der Waals surface area contributed by atoms with Gasteiger partial charge in [0.25, 0.3) is 0 Å². The lowest BCUT2D eigenvalue weighted by Crippen LogP contribution is -2.26. The molecule has 0 saturated carbocycles. The summed E-state index contributed by atoms with van der Waals surface area (Å²) in [7, 11) is 0. The molecule has 3 N–H and O–H groups in total. The maximum Gasteiger partial charge on any atom is 0.227 e. The highest BCUT2D eigenvalue weighted by atomic mass is 35.5. The number of hydrogen-bond acceptors (Lipinski definition) is 3. The third kappa shape index (κ3) is 1.86. The van der Waals surface area contributed by atoms with Crippen molar-refractivity contribution in [2.45, 2.75) is 6.42 Å². The van der Waals surface area contributed by atoms with Crippen molar-refractivity contribution in [3.05, 3.63) is 23.2 Å². The van der Waals surface area contributed by atoms with Crippen LogP contribution in [0.3, 0.4) is 0 Å². The van der Waals surface area contributed by atoms with Crippen LogP contribution in [0.25, 0.3) is 0 Å². The van der Waals surface area contributed by atoms with Crippen molar-refractivity contribution in [1.29, 1.82) is 0 Å². The molecule has 1 aliphatic rings. The smallest absolute Gasteiger partial charge is 0.227 e. The molecule has 0 radical (unpaired) electrons. The Kier molecular flexibility index (Phi) is 3.03. The van der Waals surface area contributed by atoms with Gasteiger partial charge in [0, 0.05) is 13.0 Å². The van der Waals surface area contributed by atoms with Crippen molar-refractivity contribution < 1.29 is 9.90 Å². The maximum absolute atomic E-state index is 11.7. The fraction of sp³-hybridized carbons (Fsp3) is 0.364. The van der Waals surface area contributed by atoms with Gasteiger partial charge in [0.05, 0.1) is 5.02 Å². The van der Waals surface area contributed by atoms with E-state index in [1.165, 1.54) is 11.0 Å². The highest BCUT2D eigenvalue weighted by molar-refractivity contribution is 6.34. The topological polar surface area (TPSA) is 66.6 Å². The van der Waals surface area contributed by atoms with Crippen LogP contribution in [0.15, 0.2) is 18.2 Å². The van der Waals surface area contributed by atoms with Crippen LogP contribution in [0.1, 0.15) is 6.42 Å². The highest BCUT2D eigenvalue weighted by Gasteiger charge is 2.32. The summed E-state index contributed by atoms with van der Waals surface area (Å²) in [6.07, 6.45) is 0.418. The molecule has 1 atom stereocenters. The Morgan fingerprint density at radius 1 is 1.56 bits per heavy atom. The SMILES string of the molecule is NCC1CC(=O)N(c2c(O)cccc2Cl)C1. The van der Waals surface area contributed by atoms with E-state index in [0.29, 0.717) is 30.2 Å². The molecule has 5 heteroatoms. The number of aromatic hydroxyl groups is 1. The van der Waals surface area contributed by atoms with Gasteiger partial charge in [-0.15, -0.1) is 0 Å². The number of anilines is 1. The van der Waals surface area contributed by atoms with Gasteiger partial charge < -0.3 is 15.7 Å². The number of amides is 1. The summed E-state index contributed by atoms with van der Waals surface area (Å²) in [4.78, 5) is 13.3. The van der Waals surface area contributed by atoms with Crippen LogP contribution in [-0.4, -0.2) is 24.1 Å².